The van der Waals surface area contributed by atoms with Crippen LogP contribution in [0, 0.1) is 0 Å². The predicted molar refractivity (Wildman–Crippen MR) is 77.0 cm³/mol. The zero-order valence-corrected chi connectivity index (χ0v) is 11.7. The summed E-state index contributed by atoms with van der Waals surface area (Å²) in [6, 6.07) is 11.6. The van der Waals surface area contributed by atoms with Crippen molar-refractivity contribution in [2.75, 3.05) is 5.32 Å². The van der Waals surface area contributed by atoms with Gasteiger partial charge in [-0.3, -0.25) is 14.4 Å². The number of Topliss-reactive ketones (excluding diaryl/α,β-unsaturated/α-hetero) is 1. The number of hydrogen-bond acceptors (Lipinski definition) is 3. The SMILES string of the molecule is O=C1Nc2c(cccc2C(=O)c2ccc(Br)cc2)C1=O. The van der Waals surface area contributed by atoms with Crippen LogP contribution in [0.1, 0.15) is 26.3 Å². The second kappa shape index (κ2) is 4.68. The smallest absolute Gasteiger partial charge is 0.296 e. The number of amides is 1. The van der Waals surface area contributed by atoms with Gasteiger partial charge < -0.3 is 5.32 Å². The van der Waals surface area contributed by atoms with Crippen LogP contribution in [0.25, 0.3) is 0 Å². The van der Waals surface area contributed by atoms with E-state index in [2.05, 4.69) is 21.2 Å². The highest BCUT2D eigenvalue weighted by atomic mass is 79.9. The summed E-state index contributed by atoms with van der Waals surface area (Å²) in [5.41, 5.74) is 1.37. The summed E-state index contributed by atoms with van der Waals surface area (Å²) in [5.74, 6) is -1.54. The van der Waals surface area contributed by atoms with Gasteiger partial charge in [0.2, 0.25) is 0 Å². The Balaban J connectivity index is 2.08. The highest BCUT2D eigenvalue weighted by molar-refractivity contribution is 9.10. The average molecular weight is 330 g/mol. The van der Waals surface area contributed by atoms with Gasteiger partial charge in [0.1, 0.15) is 0 Å². The minimum absolute atomic E-state index is 0.232. The van der Waals surface area contributed by atoms with Gasteiger partial charge >= 0.3 is 0 Å². The van der Waals surface area contributed by atoms with Crippen molar-refractivity contribution in [1.82, 2.24) is 0 Å². The monoisotopic (exact) mass is 329 g/mol. The highest BCUT2D eigenvalue weighted by Crippen LogP contribution is 2.29. The van der Waals surface area contributed by atoms with Gasteiger partial charge in [-0.25, -0.2) is 0 Å². The Morgan fingerprint density at radius 1 is 1.00 bits per heavy atom. The fraction of sp³-hybridized carbons (Fsp3) is 0. The minimum Gasteiger partial charge on any atom is -0.318 e. The van der Waals surface area contributed by atoms with E-state index in [1.165, 1.54) is 6.07 Å². The molecular weight excluding hydrogens is 322 g/mol. The quantitative estimate of drug-likeness (QED) is 0.680. The van der Waals surface area contributed by atoms with E-state index in [4.69, 9.17) is 0 Å². The van der Waals surface area contributed by atoms with E-state index in [9.17, 15) is 14.4 Å². The zero-order valence-electron chi connectivity index (χ0n) is 10.1. The normalized spacial score (nSPS) is 13.1. The lowest BCUT2D eigenvalue weighted by molar-refractivity contribution is -0.112. The molecule has 0 bridgehead atoms. The highest BCUT2D eigenvalue weighted by Gasteiger charge is 2.31. The lowest BCUT2D eigenvalue weighted by Crippen LogP contribution is -2.13. The zero-order chi connectivity index (χ0) is 14.3. The molecule has 0 aromatic heterocycles. The topological polar surface area (TPSA) is 63.2 Å². The number of anilines is 1. The summed E-state index contributed by atoms with van der Waals surface area (Å²) in [4.78, 5) is 35.5. The van der Waals surface area contributed by atoms with Crippen molar-refractivity contribution in [1.29, 1.82) is 0 Å². The number of carbonyl (C=O) groups is 3. The first kappa shape index (κ1) is 12.7. The molecule has 0 aliphatic carbocycles. The third kappa shape index (κ3) is 1.96. The average Bonchev–Trinajstić information content (AvgIpc) is 2.74. The maximum Gasteiger partial charge on any atom is 0.296 e. The molecule has 0 spiro atoms. The number of rotatable bonds is 2. The first-order valence-corrected chi connectivity index (χ1v) is 6.66. The van der Waals surface area contributed by atoms with Gasteiger partial charge in [0.15, 0.2) is 5.78 Å². The molecule has 0 radical (unpaired) electrons. The van der Waals surface area contributed by atoms with Crippen LogP contribution in [0.4, 0.5) is 5.69 Å². The number of ketones is 2. The molecule has 0 atom stereocenters. The van der Waals surface area contributed by atoms with E-state index >= 15 is 0 Å². The van der Waals surface area contributed by atoms with E-state index in [1.54, 1.807) is 36.4 Å². The van der Waals surface area contributed by atoms with Crippen molar-refractivity contribution < 1.29 is 14.4 Å². The van der Waals surface area contributed by atoms with E-state index in [0.29, 0.717) is 16.8 Å². The number of hydrogen-bond donors (Lipinski definition) is 1. The van der Waals surface area contributed by atoms with Gasteiger partial charge in [-0.2, -0.15) is 0 Å². The Morgan fingerprint density at radius 2 is 1.70 bits per heavy atom. The van der Waals surface area contributed by atoms with Crippen molar-refractivity contribution in [2.45, 2.75) is 0 Å². The van der Waals surface area contributed by atoms with Crippen LogP contribution < -0.4 is 5.32 Å². The molecule has 3 rings (SSSR count). The van der Waals surface area contributed by atoms with Crippen LogP contribution in [0.15, 0.2) is 46.9 Å². The Hall–Kier alpha value is -2.27. The van der Waals surface area contributed by atoms with Crippen LogP contribution >= 0.6 is 15.9 Å². The molecule has 0 saturated carbocycles. The lowest BCUT2D eigenvalue weighted by Gasteiger charge is -2.06. The molecule has 0 saturated heterocycles. The molecule has 1 aliphatic rings. The molecular formula is C15H8BrNO3. The van der Waals surface area contributed by atoms with Crippen LogP contribution in [0.3, 0.4) is 0 Å². The van der Waals surface area contributed by atoms with E-state index in [0.717, 1.165) is 4.47 Å². The van der Waals surface area contributed by atoms with Gasteiger partial charge in [-0.15, -0.1) is 0 Å². The minimum atomic E-state index is -0.698. The fourth-order valence-corrected chi connectivity index (χ4v) is 2.38. The molecule has 0 unspecified atom stereocenters. The molecule has 1 aliphatic heterocycles. The largest absolute Gasteiger partial charge is 0.318 e. The van der Waals surface area contributed by atoms with Gasteiger partial charge in [-0.1, -0.05) is 22.0 Å². The van der Waals surface area contributed by atoms with Crippen LogP contribution in [0.5, 0.6) is 0 Å². The summed E-state index contributed by atoms with van der Waals surface area (Å²) in [6.07, 6.45) is 0. The van der Waals surface area contributed by atoms with Crippen LogP contribution in [0.2, 0.25) is 0 Å². The molecule has 4 nitrogen and oxygen atoms in total. The van der Waals surface area contributed by atoms with Gasteiger partial charge in [0, 0.05) is 15.6 Å². The molecule has 5 heteroatoms. The Labute approximate surface area is 122 Å². The molecule has 2 aromatic rings. The van der Waals surface area contributed by atoms with Gasteiger partial charge in [0.05, 0.1) is 11.3 Å². The second-order valence-corrected chi connectivity index (χ2v) is 5.26. The Morgan fingerprint density at radius 3 is 2.40 bits per heavy atom. The van der Waals surface area contributed by atoms with Crippen molar-refractivity contribution >= 4 is 39.1 Å². The van der Waals surface area contributed by atoms with Crippen molar-refractivity contribution in [2.24, 2.45) is 0 Å². The van der Waals surface area contributed by atoms with E-state index in [-0.39, 0.29) is 11.3 Å². The molecule has 1 N–H and O–H groups in total. The molecule has 1 amide bonds. The molecule has 1 heterocycles. The third-order valence-electron chi connectivity index (χ3n) is 3.10. The molecule has 98 valence electrons. The Kier molecular flexibility index (Phi) is 2.99. The Bertz CT molecular complexity index is 750. The van der Waals surface area contributed by atoms with Crippen molar-refractivity contribution in [3.8, 4) is 0 Å². The van der Waals surface area contributed by atoms with Crippen LogP contribution in [-0.2, 0) is 4.79 Å². The second-order valence-electron chi connectivity index (χ2n) is 4.35. The number of halogens is 1. The maximum absolute atomic E-state index is 12.5. The third-order valence-corrected chi connectivity index (χ3v) is 3.63. The summed E-state index contributed by atoms with van der Waals surface area (Å²) in [6.45, 7) is 0. The number of benzene rings is 2. The van der Waals surface area contributed by atoms with E-state index in [1.807, 2.05) is 0 Å². The lowest BCUT2D eigenvalue weighted by atomic mass is 9.99. The first-order valence-electron chi connectivity index (χ1n) is 5.87. The standard InChI is InChI=1S/C15H8BrNO3/c16-9-6-4-8(5-7-9)13(18)10-2-1-3-11-12(10)17-15(20)14(11)19/h1-7H,(H,17,19,20). The first-order chi connectivity index (χ1) is 9.58. The molecule has 2 aromatic carbocycles. The summed E-state index contributed by atoms with van der Waals surface area (Å²) in [7, 11) is 0. The number of nitrogens with one attached hydrogen (secondary N) is 1. The maximum atomic E-state index is 12.5. The summed E-state index contributed by atoms with van der Waals surface area (Å²) >= 11 is 3.30. The fourth-order valence-electron chi connectivity index (χ4n) is 2.11. The predicted octanol–water partition coefficient (Wildman–Crippen LogP) is 2.81. The van der Waals surface area contributed by atoms with Gasteiger partial charge in [0.25, 0.3) is 11.7 Å². The number of para-hydroxylation sites is 1. The number of fused-ring (bicyclic) bond motifs is 1. The van der Waals surface area contributed by atoms with Gasteiger partial charge in [-0.05, 0) is 36.4 Å². The summed E-state index contributed by atoms with van der Waals surface area (Å²) < 4.78 is 0.871. The van der Waals surface area contributed by atoms with Crippen molar-refractivity contribution in [3.05, 3.63) is 63.6 Å². The van der Waals surface area contributed by atoms with Crippen LogP contribution in [-0.4, -0.2) is 17.5 Å². The van der Waals surface area contributed by atoms with Crippen molar-refractivity contribution in [3.63, 3.8) is 0 Å². The van der Waals surface area contributed by atoms with E-state index < -0.39 is 11.7 Å². The molecule has 20 heavy (non-hydrogen) atoms. The molecule has 0 fully saturated rings. The summed E-state index contributed by atoms with van der Waals surface area (Å²) in [5, 5.41) is 2.46. The number of carbonyl (C=O) groups excluding carboxylic acids is 3.